The fourth-order valence-electron chi connectivity index (χ4n) is 11.2. The van der Waals surface area contributed by atoms with E-state index in [1.54, 1.807) is 0 Å². The molecule has 8 bridgehead atoms. The molecule has 0 aromatic heterocycles. The first kappa shape index (κ1) is 64.1. The minimum absolute atomic E-state index is 0.493. The molecule has 9 rings (SSSR count). The Hall–Kier alpha value is -8.36. The summed E-state index contributed by atoms with van der Waals surface area (Å²) in [7, 11) is 0. The summed E-state index contributed by atoms with van der Waals surface area (Å²) in [5.74, 6) is 3.45. The third-order valence-electron chi connectivity index (χ3n) is 16.2. The van der Waals surface area contributed by atoms with Gasteiger partial charge in [0.25, 0.3) is 0 Å². The summed E-state index contributed by atoms with van der Waals surface area (Å²) < 4.78 is 29.0. The van der Waals surface area contributed by atoms with Crippen LogP contribution in [0.4, 0.5) is 22.7 Å². The van der Waals surface area contributed by atoms with Crippen LogP contribution in [0.25, 0.3) is 0 Å². The van der Waals surface area contributed by atoms with Crippen molar-refractivity contribution in [2.24, 2.45) is 20.0 Å². The molecule has 0 saturated carbocycles. The average molecular weight is 1170 g/mol. The number of benzene rings is 8. The van der Waals surface area contributed by atoms with Gasteiger partial charge in [0.05, 0.1) is 49.2 Å². The summed E-state index contributed by atoms with van der Waals surface area (Å²) >= 11 is 0. The fraction of sp³-hybridized carbons (Fsp3) is 0.350. The van der Waals surface area contributed by atoms with E-state index < -0.39 is 0 Å². The zero-order chi connectivity index (χ0) is 61.5. The predicted octanol–water partition coefficient (Wildman–Crippen LogP) is 20.9. The topological polar surface area (TPSA) is 86.4 Å². The van der Waals surface area contributed by atoms with Gasteiger partial charge in [0.1, 0.15) is 23.0 Å². The molecule has 0 fully saturated rings. The summed E-state index contributed by atoms with van der Waals surface area (Å²) in [5, 5.41) is 0. The van der Waals surface area contributed by atoms with Gasteiger partial charge in [-0.1, -0.05) is 198 Å². The average Bonchev–Trinajstić information content (AvgIpc) is 1.40. The molecular weight excluding hydrogens is 1080 g/mol. The predicted molar refractivity (Wildman–Crippen MR) is 371 cm³/mol. The van der Waals surface area contributed by atoms with E-state index in [4.69, 9.17) is 38.9 Å². The molecule has 8 nitrogen and oxygen atoms in total. The Labute approximate surface area is 526 Å². The Morgan fingerprint density at radius 1 is 0.273 bits per heavy atom. The summed E-state index contributed by atoms with van der Waals surface area (Å²) in [5.41, 5.74) is 20.5. The van der Waals surface area contributed by atoms with E-state index in [1.807, 2.05) is 24.9 Å². The Balaban J connectivity index is 1.36. The van der Waals surface area contributed by atoms with Crippen LogP contribution in [0, 0.1) is 27.7 Å². The first-order valence-corrected chi connectivity index (χ1v) is 32.6. The summed E-state index contributed by atoms with van der Waals surface area (Å²) in [6.45, 7) is 19.7. The summed E-state index contributed by atoms with van der Waals surface area (Å²) in [4.78, 5) is 21.2. The zero-order valence-electron chi connectivity index (χ0n) is 53.7. The van der Waals surface area contributed by atoms with E-state index in [-0.39, 0.29) is 0 Å². The van der Waals surface area contributed by atoms with Crippen LogP contribution >= 0.6 is 0 Å². The molecule has 0 N–H and O–H groups in total. The Kier molecular flexibility index (Phi) is 24.1. The molecule has 0 amide bonds. The van der Waals surface area contributed by atoms with Crippen molar-refractivity contribution in [1.82, 2.24) is 0 Å². The molecule has 8 aromatic carbocycles. The van der Waals surface area contributed by atoms with E-state index >= 15 is 0 Å². The molecule has 0 spiro atoms. The largest absolute Gasteiger partial charge is 0.493 e. The maximum absolute atomic E-state index is 7.24. The highest BCUT2D eigenvalue weighted by atomic mass is 16.5. The Morgan fingerprint density at radius 3 is 0.625 bits per heavy atom. The van der Waals surface area contributed by atoms with Crippen LogP contribution in [0.5, 0.6) is 23.0 Å². The highest BCUT2D eigenvalue weighted by molar-refractivity contribution is 5.85. The van der Waals surface area contributed by atoms with Gasteiger partial charge in [0, 0.05) is 95.0 Å². The van der Waals surface area contributed by atoms with Gasteiger partial charge in [-0.05, 0) is 124 Å². The van der Waals surface area contributed by atoms with E-state index in [9.17, 15) is 0 Å². The number of unbranched alkanes of at least 4 members (excludes halogenated alkanes) is 8. The van der Waals surface area contributed by atoms with Crippen LogP contribution < -0.4 is 18.9 Å². The summed E-state index contributed by atoms with van der Waals surface area (Å²) in [6, 6.07) is 52.0. The highest BCUT2D eigenvalue weighted by Crippen LogP contribution is 2.44. The second kappa shape index (κ2) is 33.1. The molecule has 0 saturated heterocycles. The van der Waals surface area contributed by atoms with Crippen molar-refractivity contribution < 1.29 is 18.9 Å². The number of ether oxygens (including phenoxy) is 4. The lowest BCUT2D eigenvalue weighted by Gasteiger charge is -2.24. The molecule has 0 heterocycles. The molecule has 8 heteroatoms. The molecule has 456 valence electrons. The number of aryl methyl sites for hydroxylation is 4. The molecule has 1 aliphatic rings. The van der Waals surface area contributed by atoms with Crippen molar-refractivity contribution >= 4 is 47.6 Å². The van der Waals surface area contributed by atoms with E-state index in [0.29, 0.717) is 52.1 Å². The van der Waals surface area contributed by atoms with Gasteiger partial charge in [-0.25, -0.2) is 0 Å². The number of nitrogens with zero attached hydrogens (tertiary/aromatic N) is 4. The standard InChI is InChI=1S/C80H92N4O4/c1-9-13-17-37-85-77-65-41-67-47-74(82-54-62-31-23-58(6)24-32-62)49-69(78(67)86-38-18-14-10-2)43-71-51-76(84-56-64-35-27-60(8)28-36-64)52-72(80(71)88-40-20-16-12-4)44-70-50-75(83-55-63-33-25-59(7)26-34-63)48-68(79(70)87-39-19-15-11-3)42-66(77)46-73(45-65)81-53-61-29-21-57(5)22-30-61/h21-36,45-56H,9-20,37-44H2,1-8H3. The lowest BCUT2D eigenvalue weighted by atomic mass is 9.90. The van der Waals surface area contributed by atoms with E-state index in [1.165, 1.54) is 22.3 Å². The molecular formula is C80H92N4O4. The van der Waals surface area contributed by atoms with E-state index in [0.717, 1.165) is 190 Å². The Morgan fingerprint density at radius 2 is 0.455 bits per heavy atom. The molecule has 0 unspecified atom stereocenters. The van der Waals surface area contributed by atoms with Crippen molar-refractivity contribution in [3.05, 3.63) is 235 Å². The molecule has 8 aromatic rings. The number of hydrogen-bond donors (Lipinski definition) is 0. The minimum Gasteiger partial charge on any atom is -0.493 e. The smallest absolute Gasteiger partial charge is 0.126 e. The quantitative estimate of drug-likeness (QED) is 0.0361. The minimum atomic E-state index is 0.493. The third kappa shape index (κ3) is 18.8. The number of hydrogen-bond acceptors (Lipinski definition) is 8. The van der Waals surface area contributed by atoms with Crippen molar-refractivity contribution in [3.8, 4) is 23.0 Å². The maximum atomic E-state index is 7.24. The van der Waals surface area contributed by atoms with Gasteiger partial charge in [0.2, 0.25) is 0 Å². The number of fused-ring (bicyclic) bond motifs is 8. The fourth-order valence-corrected chi connectivity index (χ4v) is 11.2. The van der Waals surface area contributed by atoms with Crippen molar-refractivity contribution in [2.45, 2.75) is 158 Å². The molecule has 1 aliphatic carbocycles. The lowest BCUT2D eigenvalue weighted by Crippen LogP contribution is -2.10. The van der Waals surface area contributed by atoms with Crippen LogP contribution in [-0.4, -0.2) is 51.3 Å². The lowest BCUT2D eigenvalue weighted by molar-refractivity contribution is 0.294. The van der Waals surface area contributed by atoms with Crippen molar-refractivity contribution in [2.75, 3.05) is 26.4 Å². The number of rotatable bonds is 28. The third-order valence-corrected chi connectivity index (χ3v) is 16.2. The first-order chi connectivity index (χ1) is 43.0. The van der Waals surface area contributed by atoms with Crippen LogP contribution in [0.2, 0.25) is 0 Å². The van der Waals surface area contributed by atoms with E-state index in [2.05, 4.69) is 201 Å². The molecule has 88 heavy (non-hydrogen) atoms. The van der Waals surface area contributed by atoms with Gasteiger partial charge < -0.3 is 18.9 Å². The second-order valence-corrected chi connectivity index (χ2v) is 24.0. The van der Waals surface area contributed by atoms with Gasteiger partial charge >= 0.3 is 0 Å². The SMILES string of the molecule is CCCCCOc1c2cc(N=Cc3ccc(C)cc3)cc1Cc1cc(N=Cc3ccc(C)cc3)cc(c1OCCCCC)Cc1cc(N=Cc3ccc(C)cc3)cc(c1OCCCCC)Cc1cc(N=Cc3ccc(C)cc3)cc(c1OCCCCC)C2. The maximum Gasteiger partial charge on any atom is 0.126 e. The van der Waals surface area contributed by atoms with Crippen LogP contribution in [0.1, 0.15) is 194 Å². The van der Waals surface area contributed by atoms with Gasteiger partial charge in [-0.15, -0.1) is 0 Å². The highest BCUT2D eigenvalue weighted by Gasteiger charge is 2.25. The summed E-state index contributed by atoms with van der Waals surface area (Å²) in [6.07, 6.45) is 22.2. The van der Waals surface area contributed by atoms with Crippen molar-refractivity contribution in [1.29, 1.82) is 0 Å². The van der Waals surface area contributed by atoms with Crippen molar-refractivity contribution in [3.63, 3.8) is 0 Å². The monoisotopic (exact) mass is 1170 g/mol. The van der Waals surface area contributed by atoms with Crippen LogP contribution in [-0.2, 0) is 25.7 Å². The molecule has 0 radical (unpaired) electrons. The zero-order valence-corrected chi connectivity index (χ0v) is 53.7. The van der Waals surface area contributed by atoms with Gasteiger partial charge in [-0.2, -0.15) is 0 Å². The Bertz CT molecular complexity index is 3070. The second-order valence-electron chi connectivity index (χ2n) is 24.0. The molecule has 0 aliphatic heterocycles. The van der Waals surface area contributed by atoms with Crippen LogP contribution in [0.3, 0.4) is 0 Å². The first-order valence-electron chi connectivity index (χ1n) is 32.6. The molecule has 0 atom stereocenters. The van der Waals surface area contributed by atoms with Gasteiger partial charge in [-0.3, -0.25) is 20.0 Å². The van der Waals surface area contributed by atoms with Gasteiger partial charge in [0.15, 0.2) is 0 Å². The number of aliphatic imine (C=N–C) groups is 4. The van der Waals surface area contributed by atoms with Crippen LogP contribution in [0.15, 0.2) is 166 Å². The normalized spacial score (nSPS) is 12.5.